The first-order valence-electron chi connectivity index (χ1n) is 9.56. The normalized spacial score (nSPS) is 13.6. The SMILES string of the molecule is O=C(NC1Cc2ccccc2C1)c1ccc2oc(Cc3ccccc3)nc2c1. The van der Waals surface area contributed by atoms with Crippen molar-refractivity contribution in [2.45, 2.75) is 25.3 Å². The van der Waals surface area contributed by atoms with Gasteiger partial charge in [-0.25, -0.2) is 4.98 Å². The molecule has 1 amide bonds. The third-order valence-corrected chi connectivity index (χ3v) is 5.28. The largest absolute Gasteiger partial charge is 0.440 e. The molecule has 0 unspecified atom stereocenters. The highest BCUT2D eigenvalue weighted by molar-refractivity contribution is 5.97. The Morgan fingerprint density at radius 1 is 0.964 bits per heavy atom. The van der Waals surface area contributed by atoms with E-state index in [9.17, 15) is 4.79 Å². The Kier molecular flexibility index (Phi) is 4.17. The molecule has 4 heteroatoms. The van der Waals surface area contributed by atoms with Gasteiger partial charge in [0.25, 0.3) is 5.91 Å². The topological polar surface area (TPSA) is 55.1 Å². The number of nitrogens with one attached hydrogen (secondary N) is 1. The average Bonchev–Trinajstić information content (AvgIpc) is 3.30. The number of rotatable bonds is 4. The zero-order valence-electron chi connectivity index (χ0n) is 15.4. The lowest BCUT2D eigenvalue weighted by molar-refractivity contribution is 0.0938. The third kappa shape index (κ3) is 3.29. The van der Waals surface area contributed by atoms with E-state index in [-0.39, 0.29) is 11.9 Å². The molecular weight excluding hydrogens is 348 g/mol. The van der Waals surface area contributed by atoms with Crippen molar-refractivity contribution in [3.8, 4) is 0 Å². The van der Waals surface area contributed by atoms with Crippen LogP contribution in [0.2, 0.25) is 0 Å². The Bertz CT molecular complexity index is 1120. The lowest BCUT2D eigenvalue weighted by Crippen LogP contribution is -2.35. The molecular formula is C24H20N2O2. The summed E-state index contributed by atoms with van der Waals surface area (Å²) in [6, 6.07) is 24.0. The van der Waals surface area contributed by atoms with E-state index in [2.05, 4.69) is 34.6 Å². The lowest BCUT2D eigenvalue weighted by atomic mass is 10.1. The molecule has 28 heavy (non-hydrogen) atoms. The van der Waals surface area contributed by atoms with Crippen molar-refractivity contribution >= 4 is 17.0 Å². The molecule has 1 heterocycles. The summed E-state index contributed by atoms with van der Waals surface area (Å²) in [7, 11) is 0. The first-order valence-corrected chi connectivity index (χ1v) is 9.56. The summed E-state index contributed by atoms with van der Waals surface area (Å²) in [6.07, 6.45) is 2.40. The van der Waals surface area contributed by atoms with Crippen LogP contribution in [0.1, 0.15) is 32.9 Å². The van der Waals surface area contributed by atoms with Crippen molar-refractivity contribution in [3.63, 3.8) is 0 Å². The Labute approximate surface area is 163 Å². The Hall–Kier alpha value is -3.40. The van der Waals surface area contributed by atoms with Gasteiger partial charge in [-0.05, 0) is 47.7 Å². The molecule has 1 N–H and O–H groups in total. The summed E-state index contributed by atoms with van der Waals surface area (Å²) in [4.78, 5) is 17.3. The van der Waals surface area contributed by atoms with Gasteiger partial charge in [0.1, 0.15) is 5.52 Å². The number of nitrogens with zero attached hydrogens (tertiary/aromatic N) is 1. The molecule has 1 aliphatic carbocycles. The standard InChI is InChI=1S/C24H20N2O2/c27-24(25-20-13-17-8-4-5-9-18(17)14-20)19-10-11-22-21(15-19)26-23(28-22)12-16-6-2-1-3-7-16/h1-11,15,20H,12-14H2,(H,25,27). The van der Waals surface area contributed by atoms with Crippen molar-refractivity contribution in [3.05, 3.63) is 101 Å². The Balaban J connectivity index is 1.31. The van der Waals surface area contributed by atoms with E-state index in [1.54, 1.807) is 6.07 Å². The number of fused-ring (bicyclic) bond motifs is 2. The lowest BCUT2D eigenvalue weighted by Gasteiger charge is -2.11. The summed E-state index contributed by atoms with van der Waals surface area (Å²) < 4.78 is 5.84. The van der Waals surface area contributed by atoms with Crippen molar-refractivity contribution in [1.82, 2.24) is 10.3 Å². The van der Waals surface area contributed by atoms with Crippen LogP contribution < -0.4 is 5.32 Å². The van der Waals surface area contributed by atoms with Crippen LogP contribution in [0, 0.1) is 0 Å². The zero-order chi connectivity index (χ0) is 18.9. The van der Waals surface area contributed by atoms with Crippen molar-refractivity contribution in [2.24, 2.45) is 0 Å². The molecule has 0 atom stereocenters. The van der Waals surface area contributed by atoms with E-state index in [0.29, 0.717) is 29.0 Å². The van der Waals surface area contributed by atoms with Gasteiger partial charge >= 0.3 is 0 Å². The minimum absolute atomic E-state index is 0.0627. The number of carbonyl (C=O) groups is 1. The van der Waals surface area contributed by atoms with E-state index >= 15 is 0 Å². The summed E-state index contributed by atoms with van der Waals surface area (Å²) in [5, 5.41) is 3.16. The van der Waals surface area contributed by atoms with E-state index in [1.165, 1.54) is 11.1 Å². The molecule has 5 rings (SSSR count). The molecule has 1 aliphatic rings. The van der Waals surface area contributed by atoms with Crippen LogP contribution >= 0.6 is 0 Å². The first-order chi connectivity index (χ1) is 13.7. The average molecular weight is 368 g/mol. The second-order valence-electron chi connectivity index (χ2n) is 7.30. The van der Waals surface area contributed by atoms with Gasteiger partial charge in [0.15, 0.2) is 11.5 Å². The van der Waals surface area contributed by atoms with E-state index in [0.717, 1.165) is 18.4 Å². The molecule has 0 aliphatic heterocycles. The quantitative estimate of drug-likeness (QED) is 0.584. The van der Waals surface area contributed by atoms with Gasteiger partial charge in [-0.3, -0.25) is 4.79 Å². The second kappa shape index (κ2) is 6.97. The van der Waals surface area contributed by atoms with Gasteiger partial charge in [-0.1, -0.05) is 54.6 Å². The highest BCUT2D eigenvalue weighted by Gasteiger charge is 2.23. The fraction of sp³-hybridized carbons (Fsp3) is 0.167. The van der Waals surface area contributed by atoms with Gasteiger partial charge in [-0.15, -0.1) is 0 Å². The Morgan fingerprint density at radius 3 is 2.43 bits per heavy atom. The van der Waals surface area contributed by atoms with Crippen molar-refractivity contribution in [1.29, 1.82) is 0 Å². The molecule has 4 nitrogen and oxygen atoms in total. The maximum Gasteiger partial charge on any atom is 0.251 e. The number of carbonyl (C=O) groups excluding carboxylic acids is 1. The zero-order valence-corrected chi connectivity index (χ0v) is 15.4. The van der Waals surface area contributed by atoms with Crippen LogP contribution in [0.3, 0.4) is 0 Å². The van der Waals surface area contributed by atoms with Crippen LogP contribution in [0.25, 0.3) is 11.1 Å². The molecule has 0 fully saturated rings. The Morgan fingerprint density at radius 2 is 1.68 bits per heavy atom. The maximum atomic E-state index is 12.7. The number of hydrogen-bond donors (Lipinski definition) is 1. The minimum Gasteiger partial charge on any atom is -0.440 e. The predicted octanol–water partition coefficient (Wildman–Crippen LogP) is 4.32. The summed E-state index contributed by atoms with van der Waals surface area (Å²) in [5.74, 6) is 0.595. The van der Waals surface area contributed by atoms with E-state index < -0.39 is 0 Å². The molecule has 0 radical (unpaired) electrons. The summed E-state index contributed by atoms with van der Waals surface area (Å²) >= 11 is 0. The smallest absolute Gasteiger partial charge is 0.251 e. The minimum atomic E-state index is -0.0627. The summed E-state index contributed by atoms with van der Waals surface area (Å²) in [6.45, 7) is 0. The maximum absolute atomic E-state index is 12.7. The molecule has 0 spiro atoms. The van der Waals surface area contributed by atoms with Crippen LogP contribution in [-0.4, -0.2) is 16.9 Å². The number of benzene rings is 3. The van der Waals surface area contributed by atoms with Crippen LogP contribution in [0.4, 0.5) is 0 Å². The fourth-order valence-corrected chi connectivity index (χ4v) is 3.89. The molecule has 138 valence electrons. The van der Waals surface area contributed by atoms with Crippen LogP contribution in [-0.2, 0) is 19.3 Å². The molecule has 0 saturated carbocycles. The molecule has 4 aromatic rings. The van der Waals surface area contributed by atoms with Gasteiger partial charge in [-0.2, -0.15) is 0 Å². The number of aromatic nitrogens is 1. The number of amides is 1. The third-order valence-electron chi connectivity index (χ3n) is 5.28. The fourth-order valence-electron chi connectivity index (χ4n) is 3.89. The molecule has 1 aromatic heterocycles. The molecule has 0 bridgehead atoms. The highest BCUT2D eigenvalue weighted by Crippen LogP contribution is 2.23. The second-order valence-corrected chi connectivity index (χ2v) is 7.30. The van der Waals surface area contributed by atoms with Crippen LogP contribution in [0.15, 0.2) is 77.2 Å². The van der Waals surface area contributed by atoms with Crippen molar-refractivity contribution < 1.29 is 9.21 Å². The predicted molar refractivity (Wildman–Crippen MR) is 108 cm³/mol. The molecule has 0 saturated heterocycles. The molecule has 3 aromatic carbocycles. The number of hydrogen-bond acceptors (Lipinski definition) is 3. The monoisotopic (exact) mass is 368 g/mol. The number of oxazole rings is 1. The highest BCUT2D eigenvalue weighted by atomic mass is 16.3. The van der Waals surface area contributed by atoms with E-state index in [1.807, 2.05) is 42.5 Å². The van der Waals surface area contributed by atoms with Gasteiger partial charge < -0.3 is 9.73 Å². The summed E-state index contributed by atoms with van der Waals surface area (Å²) in [5.41, 5.74) is 5.83. The van der Waals surface area contributed by atoms with Gasteiger partial charge in [0.2, 0.25) is 0 Å². The van der Waals surface area contributed by atoms with Crippen LogP contribution in [0.5, 0.6) is 0 Å². The van der Waals surface area contributed by atoms with Gasteiger partial charge in [0.05, 0.1) is 0 Å². The van der Waals surface area contributed by atoms with Crippen molar-refractivity contribution in [2.75, 3.05) is 0 Å². The van der Waals surface area contributed by atoms with Gasteiger partial charge in [0, 0.05) is 18.0 Å². The van der Waals surface area contributed by atoms with E-state index in [4.69, 9.17) is 4.42 Å². The first kappa shape index (κ1) is 16.8.